The molecule has 2 aromatic carbocycles. The van der Waals surface area contributed by atoms with Crippen LogP contribution < -0.4 is 5.32 Å². The molecule has 1 saturated heterocycles. The van der Waals surface area contributed by atoms with Crippen LogP contribution in [0.1, 0.15) is 18.9 Å². The number of carbonyl (C=O) groups excluding carboxylic acids is 1. The average Bonchev–Trinajstić information content (AvgIpc) is 2.87. The number of hydrogen-bond acceptors (Lipinski definition) is 2. The third kappa shape index (κ3) is 2.28. The second kappa shape index (κ2) is 4.78. The summed E-state index contributed by atoms with van der Waals surface area (Å²) in [7, 11) is 0. The molecule has 0 aromatic heterocycles. The summed E-state index contributed by atoms with van der Waals surface area (Å²) in [4.78, 5) is 12.5. The fourth-order valence-corrected chi connectivity index (χ4v) is 2.89. The molecule has 1 N–H and O–H groups in total. The maximum Gasteiger partial charge on any atom is 0.144 e. The smallest absolute Gasteiger partial charge is 0.144 e. The first-order valence-electron chi connectivity index (χ1n) is 6.90. The topological polar surface area (TPSA) is 29.1 Å². The molecule has 0 spiro atoms. The van der Waals surface area contributed by atoms with Gasteiger partial charge in [0, 0.05) is 18.4 Å². The summed E-state index contributed by atoms with van der Waals surface area (Å²) in [5.74, 6) is 0.355. The fourth-order valence-electron chi connectivity index (χ4n) is 2.89. The Morgan fingerprint density at radius 3 is 2.79 bits per heavy atom. The van der Waals surface area contributed by atoms with Crippen LogP contribution in [0.2, 0.25) is 0 Å². The summed E-state index contributed by atoms with van der Waals surface area (Å²) in [6.07, 6.45) is 1.50. The molecule has 1 heterocycles. The molecule has 19 heavy (non-hydrogen) atoms. The van der Waals surface area contributed by atoms with E-state index in [1.54, 1.807) is 0 Å². The maximum absolute atomic E-state index is 12.5. The Morgan fingerprint density at radius 2 is 2.00 bits per heavy atom. The van der Waals surface area contributed by atoms with E-state index in [-0.39, 0.29) is 5.41 Å². The minimum Gasteiger partial charge on any atom is -0.316 e. The Morgan fingerprint density at radius 1 is 1.21 bits per heavy atom. The van der Waals surface area contributed by atoms with E-state index < -0.39 is 0 Å². The van der Waals surface area contributed by atoms with Crippen molar-refractivity contribution in [2.45, 2.75) is 19.8 Å². The zero-order chi connectivity index (χ0) is 13.3. The second-order valence-electron chi connectivity index (χ2n) is 5.73. The van der Waals surface area contributed by atoms with Crippen LogP contribution in [0.3, 0.4) is 0 Å². The molecule has 2 nitrogen and oxygen atoms in total. The molecular weight excluding hydrogens is 234 g/mol. The van der Waals surface area contributed by atoms with E-state index in [1.807, 2.05) is 18.2 Å². The van der Waals surface area contributed by atoms with E-state index >= 15 is 0 Å². The minimum absolute atomic E-state index is 0.184. The first-order valence-corrected chi connectivity index (χ1v) is 6.90. The SMILES string of the molecule is CC1(C(=O)Cc2cccc3ccccc23)CCNC1. The highest BCUT2D eigenvalue weighted by Gasteiger charge is 2.35. The van der Waals surface area contributed by atoms with Crippen molar-refractivity contribution < 1.29 is 4.79 Å². The molecule has 2 aromatic rings. The van der Waals surface area contributed by atoms with E-state index in [4.69, 9.17) is 0 Å². The van der Waals surface area contributed by atoms with E-state index in [0.717, 1.165) is 25.1 Å². The lowest BCUT2D eigenvalue weighted by Gasteiger charge is -2.21. The standard InChI is InChI=1S/C17H19NO/c1-17(9-10-18-12-17)16(19)11-14-7-4-6-13-5-2-3-8-15(13)14/h2-8,18H,9-12H2,1H3. The van der Waals surface area contributed by atoms with Crippen LogP contribution in [0, 0.1) is 5.41 Å². The lowest BCUT2D eigenvalue weighted by Crippen LogP contribution is -2.31. The zero-order valence-electron chi connectivity index (χ0n) is 11.3. The Labute approximate surface area is 113 Å². The summed E-state index contributed by atoms with van der Waals surface area (Å²) in [6.45, 7) is 3.86. The first kappa shape index (κ1) is 12.4. The van der Waals surface area contributed by atoms with Crippen LogP contribution in [-0.4, -0.2) is 18.9 Å². The molecule has 1 aliphatic heterocycles. The van der Waals surface area contributed by atoms with Crippen LogP contribution in [0.25, 0.3) is 10.8 Å². The predicted octanol–water partition coefficient (Wildman–Crippen LogP) is 2.95. The predicted molar refractivity (Wildman–Crippen MR) is 78.3 cm³/mol. The van der Waals surface area contributed by atoms with Crippen molar-refractivity contribution >= 4 is 16.6 Å². The lowest BCUT2D eigenvalue weighted by atomic mass is 9.81. The van der Waals surface area contributed by atoms with Crippen LogP contribution >= 0.6 is 0 Å². The summed E-state index contributed by atoms with van der Waals surface area (Å²) in [5.41, 5.74) is 0.966. The van der Waals surface area contributed by atoms with Gasteiger partial charge in [0.15, 0.2) is 0 Å². The van der Waals surface area contributed by atoms with E-state index in [1.165, 1.54) is 10.8 Å². The van der Waals surface area contributed by atoms with Gasteiger partial charge < -0.3 is 5.32 Å². The third-order valence-corrected chi connectivity index (χ3v) is 4.27. The molecule has 1 fully saturated rings. The van der Waals surface area contributed by atoms with E-state index in [2.05, 4.69) is 36.5 Å². The Balaban J connectivity index is 1.91. The number of ketones is 1. The summed E-state index contributed by atoms with van der Waals surface area (Å²) < 4.78 is 0. The number of benzene rings is 2. The van der Waals surface area contributed by atoms with Crippen molar-refractivity contribution in [3.8, 4) is 0 Å². The molecule has 1 aliphatic rings. The molecule has 3 rings (SSSR count). The number of Topliss-reactive ketones (excluding diaryl/α,β-unsaturated/α-hetero) is 1. The number of nitrogens with one attached hydrogen (secondary N) is 1. The number of carbonyl (C=O) groups is 1. The molecule has 1 atom stereocenters. The van der Waals surface area contributed by atoms with Gasteiger partial charge in [0.2, 0.25) is 0 Å². The fraction of sp³-hybridized carbons (Fsp3) is 0.353. The highest BCUT2D eigenvalue weighted by molar-refractivity contribution is 5.93. The quantitative estimate of drug-likeness (QED) is 0.911. The van der Waals surface area contributed by atoms with Gasteiger partial charge in [-0.15, -0.1) is 0 Å². The van der Waals surface area contributed by atoms with Crippen molar-refractivity contribution in [1.82, 2.24) is 5.32 Å². The van der Waals surface area contributed by atoms with Crippen LogP contribution in [0.4, 0.5) is 0 Å². The van der Waals surface area contributed by atoms with E-state index in [9.17, 15) is 4.79 Å². The lowest BCUT2D eigenvalue weighted by molar-refractivity contribution is -0.126. The number of hydrogen-bond donors (Lipinski definition) is 1. The molecule has 0 bridgehead atoms. The van der Waals surface area contributed by atoms with Crippen LogP contribution in [0.5, 0.6) is 0 Å². The first-order chi connectivity index (χ1) is 9.19. The molecule has 0 radical (unpaired) electrons. The number of rotatable bonds is 3. The van der Waals surface area contributed by atoms with Gasteiger partial charge in [0.25, 0.3) is 0 Å². The zero-order valence-corrected chi connectivity index (χ0v) is 11.3. The van der Waals surface area contributed by atoms with Crippen LogP contribution in [-0.2, 0) is 11.2 Å². The van der Waals surface area contributed by atoms with Crippen molar-refractivity contribution in [3.63, 3.8) is 0 Å². The third-order valence-electron chi connectivity index (χ3n) is 4.27. The Bertz CT molecular complexity index is 606. The van der Waals surface area contributed by atoms with Gasteiger partial charge in [-0.05, 0) is 29.3 Å². The van der Waals surface area contributed by atoms with Gasteiger partial charge >= 0.3 is 0 Å². The monoisotopic (exact) mass is 253 g/mol. The summed E-state index contributed by atoms with van der Waals surface area (Å²) in [5, 5.41) is 5.71. The van der Waals surface area contributed by atoms with Gasteiger partial charge in [0.05, 0.1) is 0 Å². The minimum atomic E-state index is -0.184. The largest absolute Gasteiger partial charge is 0.316 e. The van der Waals surface area contributed by atoms with Gasteiger partial charge in [0.1, 0.15) is 5.78 Å². The molecule has 98 valence electrons. The molecule has 0 aliphatic carbocycles. The highest BCUT2D eigenvalue weighted by Crippen LogP contribution is 2.28. The molecule has 2 heteroatoms. The van der Waals surface area contributed by atoms with Crippen molar-refractivity contribution in [1.29, 1.82) is 0 Å². The normalized spacial score (nSPS) is 22.8. The van der Waals surface area contributed by atoms with Crippen molar-refractivity contribution in [3.05, 3.63) is 48.0 Å². The second-order valence-corrected chi connectivity index (χ2v) is 5.73. The maximum atomic E-state index is 12.5. The van der Waals surface area contributed by atoms with Gasteiger partial charge in [-0.3, -0.25) is 4.79 Å². The molecule has 0 saturated carbocycles. The molecular formula is C17H19NO. The molecule has 0 amide bonds. The summed E-state index contributed by atoms with van der Waals surface area (Å²) in [6, 6.07) is 14.5. The van der Waals surface area contributed by atoms with Gasteiger partial charge in [-0.1, -0.05) is 49.4 Å². The number of fused-ring (bicyclic) bond motifs is 1. The van der Waals surface area contributed by atoms with E-state index in [0.29, 0.717) is 12.2 Å². The highest BCUT2D eigenvalue weighted by atomic mass is 16.1. The van der Waals surface area contributed by atoms with Crippen molar-refractivity contribution in [2.24, 2.45) is 5.41 Å². The summed E-state index contributed by atoms with van der Waals surface area (Å²) >= 11 is 0. The van der Waals surface area contributed by atoms with Crippen molar-refractivity contribution in [2.75, 3.05) is 13.1 Å². The Hall–Kier alpha value is -1.67. The average molecular weight is 253 g/mol. The Kier molecular flexibility index (Phi) is 3.11. The van der Waals surface area contributed by atoms with Gasteiger partial charge in [-0.25, -0.2) is 0 Å². The van der Waals surface area contributed by atoms with Gasteiger partial charge in [-0.2, -0.15) is 0 Å². The molecule has 1 unspecified atom stereocenters. The van der Waals surface area contributed by atoms with Crippen LogP contribution in [0.15, 0.2) is 42.5 Å².